The van der Waals surface area contributed by atoms with Crippen molar-refractivity contribution in [2.45, 2.75) is 13.8 Å². The average Bonchev–Trinajstić information content (AvgIpc) is 2.15. The minimum atomic E-state index is -0.362. The Kier molecular flexibility index (Phi) is 3.34. The van der Waals surface area contributed by atoms with Crippen LogP contribution in [0.4, 0.5) is 0 Å². The molecule has 0 spiro atoms. The molecule has 4 nitrogen and oxygen atoms in total. The molecule has 0 N–H and O–H groups in total. The van der Waals surface area contributed by atoms with Gasteiger partial charge in [-0.05, 0) is 12.1 Å². The summed E-state index contributed by atoms with van der Waals surface area (Å²) in [5.74, 6) is -0.105. The van der Waals surface area contributed by atoms with Gasteiger partial charge in [-0.3, -0.25) is 15.1 Å². The lowest BCUT2D eigenvalue weighted by molar-refractivity contribution is -0.431. The zero-order valence-electron chi connectivity index (χ0n) is 8.18. The monoisotopic (exact) mass is 192 g/mol. The number of hydrogen-bond acceptors (Lipinski definition) is 3. The Morgan fingerprint density at radius 3 is 2.71 bits per heavy atom. The van der Waals surface area contributed by atoms with Gasteiger partial charge < -0.3 is 0 Å². The third-order valence-corrected chi connectivity index (χ3v) is 1.79. The lowest BCUT2D eigenvalue weighted by atomic mass is 10.1. The molecule has 0 saturated heterocycles. The number of aromatic nitrogens is 1. The maximum absolute atomic E-state index is 10.7. The molecule has 0 aliphatic carbocycles. The van der Waals surface area contributed by atoms with Gasteiger partial charge in [-0.1, -0.05) is 19.9 Å². The van der Waals surface area contributed by atoms with Crippen molar-refractivity contribution < 1.29 is 4.92 Å². The molecule has 4 heteroatoms. The molecular weight excluding hydrogens is 180 g/mol. The molecule has 0 atom stereocenters. The van der Waals surface area contributed by atoms with E-state index in [1.807, 2.05) is 0 Å². The third kappa shape index (κ3) is 2.65. The van der Waals surface area contributed by atoms with Gasteiger partial charge in [0.25, 0.3) is 5.70 Å². The molecule has 0 fully saturated rings. The first-order valence-electron chi connectivity index (χ1n) is 4.38. The van der Waals surface area contributed by atoms with Crippen molar-refractivity contribution >= 4 is 6.08 Å². The Morgan fingerprint density at radius 2 is 2.29 bits per heavy atom. The Balaban J connectivity index is 3.00. The van der Waals surface area contributed by atoms with Crippen LogP contribution in [0.15, 0.2) is 30.1 Å². The first-order chi connectivity index (χ1) is 6.61. The van der Waals surface area contributed by atoms with E-state index < -0.39 is 0 Å². The fourth-order valence-electron chi connectivity index (χ4n) is 1.04. The van der Waals surface area contributed by atoms with Crippen LogP contribution in [0.3, 0.4) is 0 Å². The van der Waals surface area contributed by atoms with E-state index in [2.05, 4.69) is 4.98 Å². The van der Waals surface area contributed by atoms with Gasteiger partial charge in [0.1, 0.15) is 0 Å². The van der Waals surface area contributed by atoms with E-state index in [9.17, 15) is 10.1 Å². The predicted octanol–water partition coefficient (Wildman–Crippen LogP) is 2.36. The smallest absolute Gasteiger partial charge is 0.250 e. The molecule has 0 amide bonds. The molecular formula is C10H12N2O2. The minimum absolute atomic E-state index is 0.105. The van der Waals surface area contributed by atoms with Crippen LogP contribution >= 0.6 is 0 Å². The topological polar surface area (TPSA) is 56.0 Å². The highest BCUT2D eigenvalue weighted by atomic mass is 16.6. The average molecular weight is 192 g/mol. The van der Waals surface area contributed by atoms with E-state index >= 15 is 0 Å². The molecule has 1 rings (SSSR count). The molecule has 0 aromatic carbocycles. The molecule has 0 aliphatic rings. The summed E-state index contributed by atoms with van der Waals surface area (Å²) in [7, 11) is 0. The molecule has 1 heterocycles. The lowest BCUT2D eigenvalue weighted by Gasteiger charge is -2.00. The van der Waals surface area contributed by atoms with Crippen LogP contribution in [0, 0.1) is 16.0 Å². The second-order valence-electron chi connectivity index (χ2n) is 3.24. The Morgan fingerprint density at radius 1 is 1.57 bits per heavy atom. The highest BCUT2D eigenvalue weighted by Crippen LogP contribution is 2.13. The number of pyridine rings is 1. The Labute approximate surface area is 82.4 Å². The Hall–Kier alpha value is -1.71. The van der Waals surface area contributed by atoms with Gasteiger partial charge in [0.05, 0.1) is 10.6 Å². The summed E-state index contributed by atoms with van der Waals surface area (Å²) < 4.78 is 0. The summed E-state index contributed by atoms with van der Waals surface area (Å²) in [6, 6.07) is 5.32. The highest BCUT2D eigenvalue weighted by Gasteiger charge is 2.15. The molecule has 0 saturated carbocycles. The van der Waals surface area contributed by atoms with E-state index in [1.54, 1.807) is 38.2 Å². The summed E-state index contributed by atoms with van der Waals surface area (Å²) >= 11 is 0. The Bertz CT molecular complexity index is 344. The fourth-order valence-corrected chi connectivity index (χ4v) is 1.04. The number of allylic oxidation sites excluding steroid dienone is 1. The van der Waals surface area contributed by atoms with Gasteiger partial charge >= 0.3 is 0 Å². The maximum atomic E-state index is 10.7. The largest absolute Gasteiger partial charge is 0.259 e. The standard InChI is InChI=1S/C10H12N2O2/c1-8(2)10(12(13)14)7-9-5-3-4-6-11-9/h3-8H,1-2H3/b10-7-. The summed E-state index contributed by atoms with van der Waals surface area (Å²) in [6.45, 7) is 3.58. The SMILES string of the molecule is CC(C)/C(=C/c1ccccn1)[N+](=O)[O-]. The highest BCUT2D eigenvalue weighted by molar-refractivity contribution is 5.46. The number of nitro groups is 1. The van der Waals surface area contributed by atoms with Gasteiger partial charge in [0, 0.05) is 18.2 Å². The molecule has 14 heavy (non-hydrogen) atoms. The van der Waals surface area contributed by atoms with Gasteiger partial charge in [-0.25, -0.2) is 0 Å². The molecule has 1 aromatic heterocycles. The zero-order valence-corrected chi connectivity index (χ0v) is 8.18. The van der Waals surface area contributed by atoms with Crippen molar-refractivity contribution in [1.82, 2.24) is 4.98 Å². The van der Waals surface area contributed by atoms with Crippen LogP contribution in [0.2, 0.25) is 0 Å². The summed E-state index contributed by atoms with van der Waals surface area (Å²) in [5.41, 5.74) is 0.802. The molecule has 74 valence electrons. The normalized spacial score (nSPS) is 11.8. The van der Waals surface area contributed by atoms with Gasteiger partial charge in [0.2, 0.25) is 0 Å². The second-order valence-corrected chi connectivity index (χ2v) is 3.24. The molecule has 1 aromatic rings. The quantitative estimate of drug-likeness (QED) is 0.545. The first kappa shape index (κ1) is 10.4. The van der Waals surface area contributed by atoms with Crippen LogP contribution in [0.1, 0.15) is 19.5 Å². The van der Waals surface area contributed by atoms with E-state index in [4.69, 9.17) is 0 Å². The fraction of sp³-hybridized carbons (Fsp3) is 0.300. The van der Waals surface area contributed by atoms with Crippen LogP contribution in [-0.2, 0) is 0 Å². The number of hydrogen-bond donors (Lipinski definition) is 0. The predicted molar refractivity (Wildman–Crippen MR) is 54.0 cm³/mol. The van der Waals surface area contributed by atoms with E-state index in [1.165, 1.54) is 6.08 Å². The number of nitrogens with zero attached hydrogens (tertiary/aromatic N) is 2. The molecule has 0 radical (unpaired) electrons. The van der Waals surface area contributed by atoms with Gasteiger partial charge in [0.15, 0.2) is 0 Å². The van der Waals surface area contributed by atoms with Crippen molar-refractivity contribution in [3.8, 4) is 0 Å². The minimum Gasteiger partial charge on any atom is -0.259 e. The molecule has 0 unspecified atom stereocenters. The van der Waals surface area contributed by atoms with Crippen molar-refractivity contribution in [2.75, 3.05) is 0 Å². The van der Waals surface area contributed by atoms with Crippen LogP contribution in [-0.4, -0.2) is 9.91 Å². The maximum Gasteiger partial charge on any atom is 0.250 e. The summed E-state index contributed by atoms with van der Waals surface area (Å²) in [6.07, 6.45) is 3.12. The van der Waals surface area contributed by atoms with E-state index in [-0.39, 0.29) is 16.5 Å². The van der Waals surface area contributed by atoms with E-state index in [0.717, 1.165) is 0 Å². The third-order valence-electron chi connectivity index (χ3n) is 1.79. The van der Waals surface area contributed by atoms with Gasteiger partial charge in [-0.15, -0.1) is 0 Å². The van der Waals surface area contributed by atoms with Crippen LogP contribution in [0.25, 0.3) is 6.08 Å². The van der Waals surface area contributed by atoms with Crippen molar-refractivity contribution in [3.05, 3.63) is 45.9 Å². The second kappa shape index (κ2) is 4.50. The van der Waals surface area contributed by atoms with Crippen molar-refractivity contribution in [3.63, 3.8) is 0 Å². The summed E-state index contributed by atoms with van der Waals surface area (Å²) in [4.78, 5) is 14.3. The van der Waals surface area contributed by atoms with Crippen LogP contribution < -0.4 is 0 Å². The zero-order chi connectivity index (χ0) is 10.6. The van der Waals surface area contributed by atoms with Gasteiger partial charge in [-0.2, -0.15) is 0 Å². The summed E-state index contributed by atoms with van der Waals surface area (Å²) in [5, 5.41) is 10.7. The van der Waals surface area contributed by atoms with Crippen LogP contribution in [0.5, 0.6) is 0 Å². The number of rotatable bonds is 3. The lowest BCUT2D eigenvalue weighted by Crippen LogP contribution is -2.05. The van der Waals surface area contributed by atoms with Crippen molar-refractivity contribution in [2.24, 2.45) is 5.92 Å². The van der Waals surface area contributed by atoms with Crippen molar-refractivity contribution in [1.29, 1.82) is 0 Å². The molecule has 0 bridgehead atoms. The molecule has 0 aliphatic heterocycles. The van der Waals surface area contributed by atoms with E-state index in [0.29, 0.717) is 5.69 Å². The first-order valence-corrected chi connectivity index (χ1v) is 4.38.